The summed E-state index contributed by atoms with van der Waals surface area (Å²) >= 11 is 0. The first-order valence-electron chi connectivity index (χ1n) is 12.8. The number of fused-ring (bicyclic) bond motifs is 1. The highest BCUT2D eigenvalue weighted by atomic mass is 19.1. The van der Waals surface area contributed by atoms with Crippen LogP contribution in [0.25, 0.3) is 11.1 Å². The number of aryl methyl sites for hydroxylation is 1. The van der Waals surface area contributed by atoms with E-state index in [0.29, 0.717) is 23.2 Å². The molecule has 0 aliphatic carbocycles. The summed E-state index contributed by atoms with van der Waals surface area (Å²) in [6.07, 6.45) is 1.73. The number of carbonyl (C=O) groups excluding carboxylic acids is 1. The van der Waals surface area contributed by atoms with Gasteiger partial charge in [-0.05, 0) is 60.7 Å². The number of carbonyl (C=O) groups is 2. The molecule has 0 saturated heterocycles. The van der Waals surface area contributed by atoms with Gasteiger partial charge in [-0.15, -0.1) is 0 Å². The van der Waals surface area contributed by atoms with Crippen LogP contribution in [0.3, 0.4) is 0 Å². The van der Waals surface area contributed by atoms with Gasteiger partial charge in [0.05, 0.1) is 11.6 Å². The minimum Gasteiger partial charge on any atom is -0.478 e. The lowest BCUT2D eigenvalue weighted by Crippen LogP contribution is -2.30. The lowest BCUT2D eigenvalue weighted by Gasteiger charge is -2.32. The molecule has 38 heavy (non-hydrogen) atoms. The van der Waals surface area contributed by atoms with E-state index < -0.39 is 11.8 Å². The zero-order valence-corrected chi connectivity index (χ0v) is 21.2. The Morgan fingerprint density at radius 3 is 2.47 bits per heavy atom. The van der Waals surface area contributed by atoms with Crippen LogP contribution in [0.15, 0.2) is 91.0 Å². The fraction of sp³-hybridized carbons (Fsp3) is 0.188. The normalized spacial score (nSPS) is 13.5. The summed E-state index contributed by atoms with van der Waals surface area (Å²) in [6.45, 7) is 3.07. The highest BCUT2D eigenvalue weighted by Crippen LogP contribution is 2.33. The zero-order chi connectivity index (χ0) is 26.6. The van der Waals surface area contributed by atoms with Crippen LogP contribution in [0.5, 0.6) is 0 Å². The molecule has 0 saturated carbocycles. The topological polar surface area (TPSA) is 69.6 Å². The Kier molecular flexibility index (Phi) is 7.22. The standard InChI is InChI=1S/C32H29FN2O3/c1-21(22-9-3-2-4-10-22)34-31(36)24-16-17-29-23(19-24)12-8-18-35(29)20-25-11-7-15-27(30(25)33)26-13-5-6-14-28(26)32(37)38/h2-7,9-11,13-17,19,21H,8,12,18,20H2,1H3,(H,34,36)(H,37,38)/t21-/m0/s1. The van der Waals surface area contributed by atoms with Crippen LogP contribution in [0.1, 0.15) is 56.8 Å². The SMILES string of the molecule is C[C@H](NC(=O)c1ccc2c(c1)CCCN2Cc1cccc(-c2ccccc2C(=O)O)c1F)c1ccccc1. The minimum absolute atomic E-state index is 0.0688. The molecule has 5 nitrogen and oxygen atoms in total. The molecule has 1 amide bonds. The molecular weight excluding hydrogens is 479 g/mol. The quantitative estimate of drug-likeness (QED) is 0.294. The number of amides is 1. The van der Waals surface area contributed by atoms with E-state index in [4.69, 9.17) is 0 Å². The van der Waals surface area contributed by atoms with E-state index in [1.165, 1.54) is 6.07 Å². The fourth-order valence-electron chi connectivity index (χ4n) is 5.11. The van der Waals surface area contributed by atoms with Crippen LogP contribution in [-0.2, 0) is 13.0 Å². The predicted molar refractivity (Wildman–Crippen MR) is 147 cm³/mol. The van der Waals surface area contributed by atoms with Crippen LogP contribution in [0.4, 0.5) is 10.1 Å². The molecule has 1 atom stereocenters. The molecule has 1 aliphatic rings. The molecule has 0 unspecified atom stereocenters. The van der Waals surface area contributed by atoms with Crippen LogP contribution >= 0.6 is 0 Å². The second-order valence-corrected chi connectivity index (χ2v) is 9.60. The molecule has 4 aromatic carbocycles. The average Bonchev–Trinajstić information content (AvgIpc) is 2.94. The van der Waals surface area contributed by atoms with Gasteiger partial charge in [0.15, 0.2) is 0 Å². The highest BCUT2D eigenvalue weighted by molar-refractivity contribution is 5.96. The Morgan fingerprint density at radius 2 is 1.68 bits per heavy atom. The summed E-state index contributed by atoms with van der Waals surface area (Å²) in [5.74, 6) is -1.63. The Balaban J connectivity index is 1.37. The van der Waals surface area contributed by atoms with Gasteiger partial charge in [0.25, 0.3) is 5.91 Å². The second kappa shape index (κ2) is 10.9. The van der Waals surface area contributed by atoms with Crippen LogP contribution < -0.4 is 10.2 Å². The molecule has 0 radical (unpaired) electrons. The summed E-state index contributed by atoms with van der Waals surface area (Å²) in [6, 6.07) is 27.0. The van der Waals surface area contributed by atoms with E-state index in [-0.39, 0.29) is 23.1 Å². The number of nitrogens with zero attached hydrogens (tertiary/aromatic N) is 1. The van der Waals surface area contributed by atoms with Gasteiger partial charge < -0.3 is 15.3 Å². The van der Waals surface area contributed by atoms with Crippen molar-refractivity contribution in [1.82, 2.24) is 5.32 Å². The van der Waals surface area contributed by atoms with E-state index >= 15 is 4.39 Å². The molecule has 6 heteroatoms. The van der Waals surface area contributed by atoms with E-state index in [0.717, 1.165) is 36.2 Å². The molecule has 192 valence electrons. The molecule has 1 heterocycles. The first-order valence-corrected chi connectivity index (χ1v) is 12.8. The van der Waals surface area contributed by atoms with Gasteiger partial charge in [-0.25, -0.2) is 9.18 Å². The van der Waals surface area contributed by atoms with Gasteiger partial charge in [-0.1, -0.05) is 66.7 Å². The van der Waals surface area contributed by atoms with Gasteiger partial charge in [-0.3, -0.25) is 4.79 Å². The maximum atomic E-state index is 15.7. The van der Waals surface area contributed by atoms with Crippen molar-refractivity contribution >= 4 is 17.6 Å². The highest BCUT2D eigenvalue weighted by Gasteiger charge is 2.22. The number of benzene rings is 4. The molecule has 5 rings (SSSR count). The minimum atomic E-state index is -1.09. The number of rotatable bonds is 7. The van der Waals surface area contributed by atoms with E-state index in [9.17, 15) is 14.7 Å². The van der Waals surface area contributed by atoms with Crippen molar-refractivity contribution in [2.45, 2.75) is 32.4 Å². The molecule has 1 aliphatic heterocycles. The van der Waals surface area contributed by atoms with Gasteiger partial charge in [0, 0.05) is 35.5 Å². The maximum Gasteiger partial charge on any atom is 0.336 e. The van der Waals surface area contributed by atoms with Crippen molar-refractivity contribution in [2.75, 3.05) is 11.4 Å². The van der Waals surface area contributed by atoms with Crippen LogP contribution in [-0.4, -0.2) is 23.5 Å². The molecule has 4 aromatic rings. The number of hydrogen-bond donors (Lipinski definition) is 2. The maximum absolute atomic E-state index is 15.7. The van der Waals surface area contributed by atoms with Gasteiger partial charge in [0.2, 0.25) is 0 Å². The van der Waals surface area contributed by atoms with Crippen molar-refractivity contribution in [3.63, 3.8) is 0 Å². The number of nitrogens with one attached hydrogen (secondary N) is 1. The van der Waals surface area contributed by atoms with E-state index in [1.807, 2.05) is 55.5 Å². The monoisotopic (exact) mass is 508 g/mol. The number of carboxylic acid groups (broad SMARTS) is 1. The molecular formula is C32H29FN2O3. The van der Waals surface area contributed by atoms with E-state index in [2.05, 4.69) is 10.2 Å². The third kappa shape index (κ3) is 5.16. The fourth-order valence-corrected chi connectivity index (χ4v) is 5.11. The number of halogens is 1. The van der Waals surface area contributed by atoms with Crippen LogP contribution in [0, 0.1) is 5.82 Å². The number of hydrogen-bond acceptors (Lipinski definition) is 3. The summed E-state index contributed by atoms with van der Waals surface area (Å²) in [5.41, 5.74) is 4.89. The average molecular weight is 509 g/mol. The Labute approximate surface area is 221 Å². The Hall–Kier alpha value is -4.45. The zero-order valence-electron chi connectivity index (χ0n) is 21.2. The van der Waals surface area contributed by atoms with E-state index in [1.54, 1.807) is 36.4 Å². The molecule has 0 bridgehead atoms. The summed E-state index contributed by atoms with van der Waals surface area (Å²) in [5, 5.41) is 12.6. The summed E-state index contributed by atoms with van der Waals surface area (Å²) in [7, 11) is 0. The van der Waals surface area contributed by atoms with Gasteiger partial charge in [0.1, 0.15) is 5.82 Å². The molecule has 0 aromatic heterocycles. The first kappa shape index (κ1) is 25.2. The third-order valence-corrected chi connectivity index (χ3v) is 7.09. The summed E-state index contributed by atoms with van der Waals surface area (Å²) < 4.78 is 15.7. The largest absolute Gasteiger partial charge is 0.478 e. The lowest BCUT2D eigenvalue weighted by atomic mass is 9.95. The van der Waals surface area contributed by atoms with Crippen molar-refractivity contribution in [1.29, 1.82) is 0 Å². The Morgan fingerprint density at radius 1 is 0.947 bits per heavy atom. The van der Waals surface area contributed by atoms with Crippen molar-refractivity contribution < 1.29 is 19.1 Å². The predicted octanol–water partition coefficient (Wildman–Crippen LogP) is 6.63. The van der Waals surface area contributed by atoms with Crippen molar-refractivity contribution in [3.05, 3.63) is 125 Å². The lowest BCUT2D eigenvalue weighted by molar-refractivity contribution is 0.0697. The van der Waals surface area contributed by atoms with Gasteiger partial charge in [-0.2, -0.15) is 0 Å². The smallest absolute Gasteiger partial charge is 0.336 e. The summed E-state index contributed by atoms with van der Waals surface area (Å²) in [4.78, 5) is 26.8. The molecule has 0 spiro atoms. The van der Waals surface area contributed by atoms with Crippen molar-refractivity contribution in [3.8, 4) is 11.1 Å². The second-order valence-electron chi connectivity index (χ2n) is 9.60. The van der Waals surface area contributed by atoms with Crippen molar-refractivity contribution in [2.24, 2.45) is 0 Å². The van der Waals surface area contributed by atoms with Crippen LogP contribution in [0.2, 0.25) is 0 Å². The molecule has 0 fully saturated rings. The number of carboxylic acids is 1. The van der Waals surface area contributed by atoms with Gasteiger partial charge >= 0.3 is 5.97 Å². The number of aromatic carboxylic acids is 1. The number of anilines is 1. The Bertz CT molecular complexity index is 1490. The molecule has 2 N–H and O–H groups in total. The first-order chi connectivity index (χ1) is 18.4. The third-order valence-electron chi connectivity index (χ3n) is 7.09.